The molecule has 1 rings (SSSR count). The third-order valence-corrected chi connectivity index (χ3v) is 3.71. The summed E-state index contributed by atoms with van der Waals surface area (Å²) in [6, 6.07) is -0.321. The first-order valence-electron chi connectivity index (χ1n) is 5.43. The Morgan fingerprint density at radius 1 is 1.59 bits per heavy atom. The highest BCUT2D eigenvalue weighted by molar-refractivity contribution is 7.99. The summed E-state index contributed by atoms with van der Waals surface area (Å²) in [4.78, 5) is 24.0. The fraction of sp³-hybridized carbons (Fsp3) is 0.800. The molecule has 0 spiro atoms. The number of hydrogen-bond acceptors (Lipinski definition) is 4. The topological polar surface area (TPSA) is 89.9 Å². The molecule has 1 heterocycles. The van der Waals surface area contributed by atoms with Gasteiger partial charge in [-0.25, -0.2) is 9.59 Å². The first kappa shape index (κ1) is 14.1. The van der Waals surface area contributed by atoms with Crippen LogP contribution in [0.4, 0.5) is 4.79 Å². The Bertz CT molecular complexity index is 309. The van der Waals surface area contributed by atoms with Crippen molar-refractivity contribution in [2.75, 3.05) is 25.4 Å². The van der Waals surface area contributed by atoms with Gasteiger partial charge < -0.3 is 20.4 Å². The second-order valence-electron chi connectivity index (χ2n) is 4.37. The molecule has 0 radical (unpaired) electrons. The number of carboxylic acids is 1. The normalized spacial score (nSPS) is 23.9. The zero-order chi connectivity index (χ0) is 13.1. The second-order valence-corrected chi connectivity index (χ2v) is 5.91. The fourth-order valence-electron chi connectivity index (χ4n) is 1.44. The molecule has 1 aliphatic rings. The van der Waals surface area contributed by atoms with E-state index in [1.54, 1.807) is 16.7 Å². The SMILES string of the molecule is CC1CN(C(=O)NCC(C)(O)C(=O)O)CCS1. The van der Waals surface area contributed by atoms with Crippen molar-refractivity contribution in [2.45, 2.75) is 24.7 Å². The van der Waals surface area contributed by atoms with Crippen LogP contribution >= 0.6 is 11.8 Å². The Kier molecular flexibility index (Phi) is 4.64. The Hall–Kier alpha value is -0.950. The molecule has 1 aliphatic heterocycles. The molecule has 3 N–H and O–H groups in total. The smallest absolute Gasteiger partial charge is 0.337 e. The highest BCUT2D eigenvalue weighted by Crippen LogP contribution is 2.17. The van der Waals surface area contributed by atoms with Gasteiger partial charge in [0.05, 0.1) is 6.54 Å². The van der Waals surface area contributed by atoms with Crippen LogP contribution in [0.1, 0.15) is 13.8 Å². The molecule has 0 aliphatic carbocycles. The lowest BCUT2D eigenvalue weighted by molar-refractivity contribution is -0.155. The van der Waals surface area contributed by atoms with Gasteiger partial charge >= 0.3 is 12.0 Å². The van der Waals surface area contributed by atoms with Gasteiger partial charge in [0.1, 0.15) is 0 Å². The lowest BCUT2D eigenvalue weighted by atomic mass is 10.1. The minimum absolute atomic E-state index is 0.292. The Balaban J connectivity index is 2.41. The summed E-state index contributed by atoms with van der Waals surface area (Å²) >= 11 is 1.80. The quantitative estimate of drug-likeness (QED) is 0.664. The van der Waals surface area contributed by atoms with E-state index in [0.29, 0.717) is 18.3 Å². The average Bonchev–Trinajstić information content (AvgIpc) is 2.25. The number of urea groups is 1. The Labute approximate surface area is 104 Å². The van der Waals surface area contributed by atoms with Gasteiger partial charge in [0.15, 0.2) is 5.60 Å². The number of carbonyl (C=O) groups excluding carboxylic acids is 1. The zero-order valence-corrected chi connectivity index (χ0v) is 10.8. The highest BCUT2D eigenvalue weighted by Gasteiger charge is 2.31. The van der Waals surface area contributed by atoms with Crippen LogP contribution in [0.5, 0.6) is 0 Å². The molecule has 0 aromatic rings. The van der Waals surface area contributed by atoms with Crippen molar-refractivity contribution in [3.63, 3.8) is 0 Å². The van der Waals surface area contributed by atoms with Crippen LogP contribution in [0, 0.1) is 0 Å². The van der Waals surface area contributed by atoms with Crippen LogP contribution < -0.4 is 5.32 Å². The van der Waals surface area contributed by atoms with Crippen LogP contribution in [0.2, 0.25) is 0 Å². The maximum Gasteiger partial charge on any atom is 0.337 e. The summed E-state index contributed by atoms with van der Waals surface area (Å²) in [7, 11) is 0. The van der Waals surface area contributed by atoms with Crippen LogP contribution in [0.25, 0.3) is 0 Å². The molecule has 98 valence electrons. The van der Waals surface area contributed by atoms with E-state index in [4.69, 9.17) is 5.11 Å². The van der Waals surface area contributed by atoms with Crippen molar-refractivity contribution in [3.8, 4) is 0 Å². The van der Waals surface area contributed by atoms with Gasteiger partial charge in [-0.2, -0.15) is 11.8 Å². The number of aliphatic carboxylic acids is 1. The first-order chi connectivity index (χ1) is 7.83. The van der Waals surface area contributed by atoms with Crippen LogP contribution in [-0.2, 0) is 4.79 Å². The number of amides is 2. The molecule has 2 amide bonds. The van der Waals surface area contributed by atoms with Gasteiger partial charge in [0, 0.05) is 24.1 Å². The predicted octanol–water partition coefficient (Wildman–Crippen LogP) is -0.0311. The van der Waals surface area contributed by atoms with Crippen LogP contribution in [-0.4, -0.2) is 63.4 Å². The van der Waals surface area contributed by atoms with Crippen molar-refractivity contribution in [2.24, 2.45) is 0 Å². The zero-order valence-electron chi connectivity index (χ0n) is 9.97. The number of nitrogens with one attached hydrogen (secondary N) is 1. The van der Waals surface area contributed by atoms with Crippen molar-refractivity contribution in [1.82, 2.24) is 10.2 Å². The number of thioether (sulfide) groups is 1. The van der Waals surface area contributed by atoms with Crippen LogP contribution in [0.15, 0.2) is 0 Å². The monoisotopic (exact) mass is 262 g/mol. The highest BCUT2D eigenvalue weighted by atomic mass is 32.2. The predicted molar refractivity (Wildman–Crippen MR) is 65.2 cm³/mol. The first-order valence-corrected chi connectivity index (χ1v) is 6.48. The summed E-state index contributed by atoms with van der Waals surface area (Å²) in [5.41, 5.74) is -1.92. The molecule has 0 aromatic heterocycles. The number of hydrogen-bond donors (Lipinski definition) is 3. The van der Waals surface area contributed by atoms with Crippen molar-refractivity contribution >= 4 is 23.8 Å². The standard InChI is InChI=1S/C10H18N2O4S/c1-7-5-12(3-4-17-7)9(15)11-6-10(2,16)8(13)14/h7,16H,3-6H2,1-2H3,(H,11,15)(H,13,14). The third-order valence-electron chi connectivity index (χ3n) is 2.57. The largest absolute Gasteiger partial charge is 0.479 e. The Morgan fingerprint density at radius 2 is 2.24 bits per heavy atom. The van der Waals surface area contributed by atoms with Crippen molar-refractivity contribution in [3.05, 3.63) is 0 Å². The number of rotatable bonds is 3. The fourth-order valence-corrected chi connectivity index (χ4v) is 2.45. The van der Waals surface area contributed by atoms with E-state index in [-0.39, 0.29) is 12.6 Å². The number of nitrogens with zero attached hydrogens (tertiary/aromatic N) is 1. The van der Waals surface area contributed by atoms with E-state index in [9.17, 15) is 14.7 Å². The minimum atomic E-state index is -1.92. The molecular formula is C10H18N2O4S. The van der Waals surface area contributed by atoms with Gasteiger partial charge in [-0.1, -0.05) is 6.92 Å². The third kappa shape index (κ3) is 4.08. The van der Waals surface area contributed by atoms with Gasteiger partial charge in [0.2, 0.25) is 0 Å². The molecule has 2 unspecified atom stereocenters. The number of carbonyl (C=O) groups is 2. The maximum absolute atomic E-state index is 11.7. The lowest BCUT2D eigenvalue weighted by Crippen LogP contribution is -2.52. The van der Waals surface area contributed by atoms with Gasteiger partial charge in [-0.05, 0) is 6.92 Å². The summed E-state index contributed by atoms with van der Waals surface area (Å²) in [5.74, 6) is -0.468. The number of aliphatic hydroxyl groups is 1. The van der Waals surface area contributed by atoms with Crippen molar-refractivity contribution in [1.29, 1.82) is 0 Å². The summed E-state index contributed by atoms with van der Waals surface area (Å²) in [6.07, 6.45) is 0. The molecular weight excluding hydrogens is 244 g/mol. The molecule has 0 bridgehead atoms. The average molecular weight is 262 g/mol. The van der Waals surface area contributed by atoms with Gasteiger partial charge in [-0.3, -0.25) is 0 Å². The molecule has 0 saturated carbocycles. The molecule has 1 fully saturated rings. The molecule has 7 heteroatoms. The number of carboxylic acid groups (broad SMARTS) is 1. The van der Waals surface area contributed by atoms with E-state index in [1.165, 1.54) is 0 Å². The maximum atomic E-state index is 11.7. The van der Waals surface area contributed by atoms with E-state index in [0.717, 1.165) is 12.7 Å². The Morgan fingerprint density at radius 3 is 2.76 bits per heavy atom. The summed E-state index contributed by atoms with van der Waals surface area (Å²) in [5, 5.41) is 21.0. The van der Waals surface area contributed by atoms with E-state index >= 15 is 0 Å². The molecule has 6 nitrogen and oxygen atoms in total. The lowest BCUT2D eigenvalue weighted by Gasteiger charge is -2.31. The van der Waals surface area contributed by atoms with Crippen LogP contribution in [0.3, 0.4) is 0 Å². The molecule has 1 saturated heterocycles. The van der Waals surface area contributed by atoms with E-state index in [1.807, 2.05) is 6.92 Å². The second kappa shape index (κ2) is 5.59. The van der Waals surface area contributed by atoms with E-state index in [2.05, 4.69) is 5.32 Å². The van der Waals surface area contributed by atoms with E-state index < -0.39 is 11.6 Å². The van der Waals surface area contributed by atoms with Gasteiger partial charge in [0.25, 0.3) is 0 Å². The summed E-state index contributed by atoms with van der Waals surface area (Å²) in [6.45, 7) is 4.20. The minimum Gasteiger partial charge on any atom is -0.479 e. The van der Waals surface area contributed by atoms with Crippen molar-refractivity contribution < 1.29 is 19.8 Å². The molecule has 17 heavy (non-hydrogen) atoms. The molecule has 0 aromatic carbocycles. The molecule has 2 atom stereocenters. The summed E-state index contributed by atoms with van der Waals surface area (Å²) < 4.78 is 0. The van der Waals surface area contributed by atoms with Gasteiger partial charge in [-0.15, -0.1) is 0 Å².